The van der Waals surface area contributed by atoms with Crippen molar-refractivity contribution in [3.63, 3.8) is 0 Å². The molecule has 1 aliphatic carbocycles. The number of carbonyl (C=O) groups is 3. The lowest BCUT2D eigenvalue weighted by atomic mass is 9.85. The van der Waals surface area contributed by atoms with Crippen LogP contribution in [0.1, 0.15) is 70.1 Å². The molecule has 0 radical (unpaired) electrons. The van der Waals surface area contributed by atoms with Crippen LogP contribution < -0.4 is 0 Å². The second kappa shape index (κ2) is 5.43. The molecule has 126 valence electrons. The number of hydrogen-bond donors (Lipinski definition) is 0. The van der Waals surface area contributed by atoms with Gasteiger partial charge < -0.3 is 4.90 Å². The Labute approximate surface area is 141 Å². The van der Waals surface area contributed by atoms with Gasteiger partial charge in [0.2, 0.25) is 0 Å². The van der Waals surface area contributed by atoms with Gasteiger partial charge in [-0.1, -0.05) is 12.8 Å². The average molecular weight is 326 g/mol. The number of nitrogens with zero attached hydrogens (tertiary/aromatic N) is 2. The standard InChI is InChI=1S/C19H22N2O3/c1-11-9-12-5-3-4-6-16(12)21(11)17(22)13-7-8-14-15(10-13)19(24)20(2)18(14)23/h7-8,10-12,16H,3-6,9H2,1-2H3/t11-,12+,16+/m1/s1. The smallest absolute Gasteiger partial charge is 0.261 e. The highest BCUT2D eigenvalue weighted by Gasteiger charge is 2.43. The van der Waals surface area contributed by atoms with E-state index in [2.05, 4.69) is 6.92 Å². The average Bonchev–Trinajstić information content (AvgIpc) is 3.03. The topological polar surface area (TPSA) is 57.7 Å². The first kappa shape index (κ1) is 15.4. The number of amides is 3. The molecule has 24 heavy (non-hydrogen) atoms. The molecule has 3 atom stereocenters. The Morgan fingerprint density at radius 1 is 1.08 bits per heavy atom. The quantitative estimate of drug-likeness (QED) is 0.746. The van der Waals surface area contributed by atoms with Crippen LogP contribution in [0.3, 0.4) is 0 Å². The molecular weight excluding hydrogens is 304 g/mol. The van der Waals surface area contributed by atoms with E-state index in [4.69, 9.17) is 0 Å². The summed E-state index contributed by atoms with van der Waals surface area (Å²) >= 11 is 0. The summed E-state index contributed by atoms with van der Waals surface area (Å²) in [7, 11) is 1.47. The van der Waals surface area contributed by atoms with Gasteiger partial charge in [-0.15, -0.1) is 0 Å². The van der Waals surface area contributed by atoms with Gasteiger partial charge >= 0.3 is 0 Å². The van der Waals surface area contributed by atoms with Gasteiger partial charge in [-0.05, 0) is 50.3 Å². The van der Waals surface area contributed by atoms with E-state index in [9.17, 15) is 14.4 Å². The number of carbonyl (C=O) groups excluding carboxylic acids is 3. The number of hydrogen-bond acceptors (Lipinski definition) is 3. The predicted molar refractivity (Wildman–Crippen MR) is 88.9 cm³/mol. The lowest BCUT2D eigenvalue weighted by molar-refractivity contribution is 0.0632. The number of imide groups is 1. The van der Waals surface area contributed by atoms with Gasteiger partial charge in [0.05, 0.1) is 11.1 Å². The summed E-state index contributed by atoms with van der Waals surface area (Å²) in [5.74, 6) is -0.0125. The Morgan fingerprint density at radius 2 is 1.79 bits per heavy atom. The molecular formula is C19H22N2O3. The Balaban J connectivity index is 1.66. The van der Waals surface area contributed by atoms with Gasteiger partial charge in [0.25, 0.3) is 17.7 Å². The van der Waals surface area contributed by atoms with E-state index in [1.807, 2.05) is 4.90 Å². The van der Waals surface area contributed by atoms with E-state index >= 15 is 0 Å². The second-order valence-corrected chi connectivity index (χ2v) is 7.34. The summed E-state index contributed by atoms with van der Waals surface area (Å²) in [6.07, 6.45) is 5.80. The Hall–Kier alpha value is -2.17. The molecule has 0 bridgehead atoms. The highest BCUT2D eigenvalue weighted by Crippen LogP contribution is 2.40. The maximum absolute atomic E-state index is 13.1. The Bertz CT molecular complexity index is 742. The fourth-order valence-corrected chi connectivity index (χ4v) is 4.70. The molecule has 1 aromatic carbocycles. The highest BCUT2D eigenvalue weighted by molar-refractivity contribution is 6.21. The van der Waals surface area contributed by atoms with E-state index in [0.29, 0.717) is 28.7 Å². The van der Waals surface area contributed by atoms with Crippen molar-refractivity contribution in [2.75, 3.05) is 7.05 Å². The summed E-state index contributed by atoms with van der Waals surface area (Å²) in [5, 5.41) is 0. The first-order valence-corrected chi connectivity index (χ1v) is 8.78. The van der Waals surface area contributed by atoms with Crippen LogP contribution in [0.5, 0.6) is 0 Å². The molecule has 2 aliphatic heterocycles. The van der Waals surface area contributed by atoms with Gasteiger partial charge in [0.15, 0.2) is 0 Å². The fraction of sp³-hybridized carbons (Fsp3) is 0.526. The van der Waals surface area contributed by atoms with Gasteiger partial charge in [-0.25, -0.2) is 0 Å². The SMILES string of the molecule is C[C@@H]1C[C@@H]2CCCC[C@@H]2N1C(=O)c1ccc2c(c1)C(=O)N(C)C2=O. The first-order valence-electron chi connectivity index (χ1n) is 8.78. The van der Waals surface area contributed by atoms with Gasteiger partial charge in [0, 0.05) is 24.7 Å². The minimum Gasteiger partial charge on any atom is -0.333 e. The van der Waals surface area contributed by atoms with Crippen molar-refractivity contribution in [2.24, 2.45) is 5.92 Å². The number of rotatable bonds is 1. The molecule has 3 aliphatic rings. The van der Waals surface area contributed by atoms with Crippen LogP contribution in [0.4, 0.5) is 0 Å². The van der Waals surface area contributed by atoms with Crippen molar-refractivity contribution >= 4 is 17.7 Å². The van der Waals surface area contributed by atoms with Gasteiger partial charge in [-0.2, -0.15) is 0 Å². The van der Waals surface area contributed by atoms with E-state index < -0.39 is 0 Å². The second-order valence-electron chi connectivity index (χ2n) is 7.34. The van der Waals surface area contributed by atoms with E-state index in [1.165, 1.54) is 26.3 Å². The molecule has 2 fully saturated rings. The zero-order chi connectivity index (χ0) is 17.0. The van der Waals surface area contributed by atoms with Crippen molar-refractivity contribution in [3.8, 4) is 0 Å². The largest absolute Gasteiger partial charge is 0.333 e. The first-order chi connectivity index (χ1) is 11.5. The molecule has 0 aromatic heterocycles. The monoisotopic (exact) mass is 326 g/mol. The summed E-state index contributed by atoms with van der Waals surface area (Å²) in [4.78, 5) is 40.4. The van der Waals surface area contributed by atoms with Crippen LogP contribution in [0.25, 0.3) is 0 Å². The van der Waals surface area contributed by atoms with E-state index in [-0.39, 0.29) is 23.8 Å². The molecule has 1 aromatic rings. The molecule has 4 rings (SSSR count). The highest BCUT2D eigenvalue weighted by atomic mass is 16.2. The van der Waals surface area contributed by atoms with Crippen LogP contribution in [0.15, 0.2) is 18.2 Å². The zero-order valence-corrected chi connectivity index (χ0v) is 14.1. The van der Waals surface area contributed by atoms with E-state index in [1.54, 1.807) is 18.2 Å². The normalized spacial score (nSPS) is 29.0. The van der Waals surface area contributed by atoms with Crippen LogP contribution in [0.2, 0.25) is 0 Å². The van der Waals surface area contributed by atoms with Crippen LogP contribution in [0, 0.1) is 5.92 Å². The zero-order valence-electron chi connectivity index (χ0n) is 14.1. The van der Waals surface area contributed by atoms with Crippen molar-refractivity contribution < 1.29 is 14.4 Å². The molecule has 0 unspecified atom stereocenters. The summed E-state index contributed by atoms with van der Waals surface area (Å²) in [6, 6.07) is 5.47. The predicted octanol–water partition coefficient (Wildman–Crippen LogP) is 2.71. The van der Waals surface area contributed by atoms with Gasteiger partial charge in [-0.3, -0.25) is 19.3 Å². The lowest BCUT2D eigenvalue weighted by Gasteiger charge is -2.33. The van der Waals surface area contributed by atoms with Crippen molar-refractivity contribution in [1.82, 2.24) is 9.80 Å². The third-order valence-corrected chi connectivity index (χ3v) is 5.92. The maximum Gasteiger partial charge on any atom is 0.261 e. The maximum atomic E-state index is 13.1. The molecule has 5 heteroatoms. The van der Waals surface area contributed by atoms with Crippen LogP contribution in [-0.4, -0.2) is 46.7 Å². The summed E-state index contributed by atoms with van der Waals surface area (Å²) < 4.78 is 0. The Morgan fingerprint density at radius 3 is 2.58 bits per heavy atom. The Kier molecular flexibility index (Phi) is 3.48. The van der Waals surface area contributed by atoms with Crippen LogP contribution >= 0.6 is 0 Å². The number of benzene rings is 1. The fourth-order valence-electron chi connectivity index (χ4n) is 4.70. The third-order valence-electron chi connectivity index (χ3n) is 5.92. The molecule has 2 heterocycles. The van der Waals surface area contributed by atoms with Gasteiger partial charge in [0.1, 0.15) is 0 Å². The van der Waals surface area contributed by atoms with Crippen molar-refractivity contribution in [2.45, 2.75) is 51.1 Å². The number of likely N-dealkylation sites (tertiary alicyclic amines) is 1. The molecule has 1 saturated heterocycles. The molecule has 0 spiro atoms. The van der Waals surface area contributed by atoms with Crippen LogP contribution in [-0.2, 0) is 0 Å². The lowest BCUT2D eigenvalue weighted by Crippen LogP contribution is -2.42. The third kappa shape index (κ3) is 2.10. The van der Waals surface area contributed by atoms with Crippen molar-refractivity contribution in [3.05, 3.63) is 34.9 Å². The minimum absolute atomic E-state index is 0.00509. The molecule has 3 amide bonds. The molecule has 1 saturated carbocycles. The van der Waals surface area contributed by atoms with E-state index in [0.717, 1.165) is 17.7 Å². The number of fused-ring (bicyclic) bond motifs is 2. The summed E-state index contributed by atoms with van der Waals surface area (Å²) in [6.45, 7) is 2.12. The molecule has 0 N–H and O–H groups in total. The molecule has 5 nitrogen and oxygen atoms in total. The minimum atomic E-state index is -0.324. The van der Waals surface area contributed by atoms with Crippen molar-refractivity contribution in [1.29, 1.82) is 0 Å². The summed E-state index contributed by atoms with van der Waals surface area (Å²) in [5.41, 5.74) is 1.26.